The molecule has 126 valence electrons. The summed E-state index contributed by atoms with van der Waals surface area (Å²) in [5.74, 6) is 0.313. The Morgan fingerprint density at radius 2 is 2.17 bits per heavy atom. The monoisotopic (exact) mass is 394 g/mol. The van der Waals surface area contributed by atoms with Crippen LogP contribution in [0.2, 0.25) is 0 Å². The molecule has 2 amide bonds. The number of hydrogen-bond acceptors (Lipinski definition) is 3. The summed E-state index contributed by atoms with van der Waals surface area (Å²) in [6.07, 6.45) is 0.464. The normalized spacial score (nSPS) is 12.9. The van der Waals surface area contributed by atoms with Gasteiger partial charge in [-0.15, -0.1) is 0 Å². The number of benzene rings is 2. The van der Waals surface area contributed by atoms with Crippen LogP contribution < -0.4 is 15.4 Å². The molecular formula is C17H16BrFN2O3. The van der Waals surface area contributed by atoms with Gasteiger partial charge in [-0.25, -0.2) is 9.18 Å². The van der Waals surface area contributed by atoms with Crippen molar-refractivity contribution in [2.45, 2.75) is 13.0 Å². The van der Waals surface area contributed by atoms with Crippen LogP contribution in [0, 0.1) is 5.82 Å². The largest absolute Gasteiger partial charge is 0.467 e. The molecule has 0 unspecified atom stereocenters. The lowest BCUT2D eigenvalue weighted by Gasteiger charge is -2.21. The van der Waals surface area contributed by atoms with Gasteiger partial charge in [0.15, 0.2) is 6.79 Å². The van der Waals surface area contributed by atoms with E-state index in [1.165, 1.54) is 12.1 Å². The van der Waals surface area contributed by atoms with Crippen molar-refractivity contribution in [3.8, 4) is 5.75 Å². The number of carbonyl (C=O) groups excluding carboxylic acids is 1. The first-order valence-electron chi connectivity index (χ1n) is 7.44. The summed E-state index contributed by atoms with van der Waals surface area (Å²) < 4.78 is 25.1. The van der Waals surface area contributed by atoms with Crippen molar-refractivity contribution in [2.75, 3.05) is 18.7 Å². The molecule has 5 nitrogen and oxygen atoms in total. The van der Waals surface area contributed by atoms with Gasteiger partial charge in [0.05, 0.1) is 6.61 Å². The second-order valence-electron chi connectivity index (χ2n) is 5.31. The van der Waals surface area contributed by atoms with E-state index in [0.29, 0.717) is 36.6 Å². The molecule has 0 saturated heterocycles. The van der Waals surface area contributed by atoms with Crippen LogP contribution in [-0.4, -0.2) is 19.4 Å². The second kappa shape index (κ2) is 7.63. The molecule has 0 saturated carbocycles. The summed E-state index contributed by atoms with van der Waals surface area (Å²) in [5.41, 5.74) is 2.09. The van der Waals surface area contributed by atoms with Gasteiger partial charge in [0.1, 0.15) is 11.6 Å². The Morgan fingerprint density at radius 3 is 3.00 bits per heavy atom. The fraction of sp³-hybridized carbons (Fsp3) is 0.235. The van der Waals surface area contributed by atoms with Gasteiger partial charge in [0.2, 0.25) is 0 Å². The lowest BCUT2D eigenvalue weighted by Crippen LogP contribution is -2.30. The molecule has 0 fully saturated rings. The van der Waals surface area contributed by atoms with E-state index in [-0.39, 0.29) is 18.6 Å². The molecule has 0 aliphatic carbocycles. The highest BCUT2D eigenvalue weighted by Gasteiger charge is 2.16. The van der Waals surface area contributed by atoms with E-state index < -0.39 is 0 Å². The third kappa shape index (κ3) is 4.24. The molecule has 0 spiro atoms. The van der Waals surface area contributed by atoms with Gasteiger partial charge < -0.3 is 20.1 Å². The Balaban J connectivity index is 1.56. The van der Waals surface area contributed by atoms with Crippen LogP contribution >= 0.6 is 15.9 Å². The lowest BCUT2D eigenvalue weighted by molar-refractivity contribution is -0.0172. The Bertz CT molecular complexity index is 755. The van der Waals surface area contributed by atoms with E-state index in [0.717, 1.165) is 10.0 Å². The molecule has 3 rings (SSSR count). The average molecular weight is 395 g/mol. The number of nitrogens with one attached hydrogen (secondary N) is 2. The maximum atomic E-state index is 13.7. The van der Waals surface area contributed by atoms with Crippen molar-refractivity contribution in [3.05, 3.63) is 57.8 Å². The summed E-state index contributed by atoms with van der Waals surface area (Å²) in [5, 5.41) is 5.49. The second-order valence-corrected chi connectivity index (χ2v) is 6.22. The molecule has 24 heavy (non-hydrogen) atoms. The predicted octanol–water partition coefficient (Wildman–Crippen LogP) is 3.82. The number of carbonyl (C=O) groups is 1. The van der Waals surface area contributed by atoms with Gasteiger partial charge >= 0.3 is 6.03 Å². The molecule has 2 N–H and O–H groups in total. The van der Waals surface area contributed by atoms with E-state index >= 15 is 0 Å². The van der Waals surface area contributed by atoms with Gasteiger partial charge in [0, 0.05) is 22.3 Å². The topological polar surface area (TPSA) is 59.6 Å². The molecule has 1 aliphatic rings. The van der Waals surface area contributed by atoms with Gasteiger partial charge in [-0.2, -0.15) is 0 Å². The number of ether oxygens (including phenoxy) is 2. The summed E-state index contributed by atoms with van der Waals surface area (Å²) in [6, 6.07) is 9.82. The minimum absolute atomic E-state index is 0.155. The Kier molecular flexibility index (Phi) is 5.32. The first kappa shape index (κ1) is 16.7. The highest BCUT2D eigenvalue weighted by molar-refractivity contribution is 9.10. The molecule has 0 atom stereocenters. The fourth-order valence-corrected chi connectivity index (χ4v) is 2.89. The van der Waals surface area contributed by atoms with Crippen molar-refractivity contribution >= 4 is 27.6 Å². The molecule has 1 aliphatic heterocycles. The molecule has 7 heteroatoms. The standard InChI is InChI=1S/C17H16BrFN2O3/c18-13-2-1-3-15(8-13)21-17(22)20-5-4-11-6-14(19)7-12-9-23-10-24-16(11)12/h1-3,6-8H,4-5,9-10H2,(H2,20,21,22). The number of amides is 2. The first-order chi connectivity index (χ1) is 11.6. The number of halogens is 2. The van der Waals surface area contributed by atoms with E-state index in [1.54, 1.807) is 12.1 Å². The van der Waals surface area contributed by atoms with Gasteiger partial charge in [-0.1, -0.05) is 22.0 Å². The zero-order chi connectivity index (χ0) is 16.9. The third-order valence-electron chi connectivity index (χ3n) is 3.51. The van der Waals surface area contributed by atoms with Crippen LogP contribution in [0.15, 0.2) is 40.9 Å². The number of urea groups is 1. The molecule has 2 aromatic rings. The molecule has 0 radical (unpaired) electrons. The summed E-state index contributed by atoms with van der Waals surface area (Å²) >= 11 is 3.35. The van der Waals surface area contributed by atoms with Crippen molar-refractivity contribution in [3.63, 3.8) is 0 Å². The van der Waals surface area contributed by atoms with E-state index in [1.807, 2.05) is 12.1 Å². The van der Waals surface area contributed by atoms with Crippen molar-refractivity contribution in [2.24, 2.45) is 0 Å². The van der Waals surface area contributed by atoms with Crippen LogP contribution in [0.1, 0.15) is 11.1 Å². The van der Waals surface area contributed by atoms with Crippen LogP contribution in [-0.2, 0) is 17.8 Å². The number of anilines is 1. The zero-order valence-corrected chi connectivity index (χ0v) is 14.4. The van der Waals surface area contributed by atoms with Crippen LogP contribution in [0.3, 0.4) is 0 Å². The minimum atomic E-state index is -0.337. The Labute approximate surface area is 147 Å². The summed E-state index contributed by atoms with van der Waals surface area (Å²) in [7, 11) is 0. The zero-order valence-electron chi connectivity index (χ0n) is 12.8. The lowest BCUT2D eigenvalue weighted by atomic mass is 10.1. The highest BCUT2D eigenvalue weighted by atomic mass is 79.9. The highest BCUT2D eigenvalue weighted by Crippen LogP contribution is 2.29. The van der Waals surface area contributed by atoms with Crippen molar-refractivity contribution in [1.29, 1.82) is 0 Å². The number of hydrogen-bond donors (Lipinski definition) is 2. The third-order valence-corrected chi connectivity index (χ3v) is 4.01. The Hall–Kier alpha value is -2.12. The summed E-state index contributed by atoms with van der Waals surface area (Å²) in [4.78, 5) is 11.9. The van der Waals surface area contributed by atoms with Gasteiger partial charge in [-0.3, -0.25) is 0 Å². The minimum Gasteiger partial charge on any atom is -0.467 e. The molecule has 1 heterocycles. The molecule has 0 aromatic heterocycles. The maximum Gasteiger partial charge on any atom is 0.319 e. The van der Waals surface area contributed by atoms with Gasteiger partial charge in [0.25, 0.3) is 0 Å². The van der Waals surface area contributed by atoms with Gasteiger partial charge in [-0.05, 0) is 42.3 Å². The fourth-order valence-electron chi connectivity index (χ4n) is 2.49. The number of fused-ring (bicyclic) bond motifs is 1. The smallest absolute Gasteiger partial charge is 0.319 e. The molecule has 2 aromatic carbocycles. The number of rotatable bonds is 4. The molecular weight excluding hydrogens is 379 g/mol. The van der Waals surface area contributed by atoms with E-state index in [9.17, 15) is 9.18 Å². The average Bonchev–Trinajstić information content (AvgIpc) is 2.54. The first-order valence-corrected chi connectivity index (χ1v) is 8.23. The predicted molar refractivity (Wildman–Crippen MR) is 91.6 cm³/mol. The van der Waals surface area contributed by atoms with Crippen LogP contribution in [0.5, 0.6) is 5.75 Å². The maximum absolute atomic E-state index is 13.7. The Morgan fingerprint density at radius 1 is 1.29 bits per heavy atom. The van der Waals surface area contributed by atoms with E-state index in [2.05, 4.69) is 26.6 Å². The van der Waals surface area contributed by atoms with Crippen molar-refractivity contribution < 1.29 is 18.7 Å². The molecule has 0 bridgehead atoms. The van der Waals surface area contributed by atoms with Crippen LogP contribution in [0.25, 0.3) is 0 Å². The van der Waals surface area contributed by atoms with E-state index in [4.69, 9.17) is 9.47 Å². The van der Waals surface area contributed by atoms with Crippen LogP contribution in [0.4, 0.5) is 14.9 Å². The SMILES string of the molecule is O=C(NCCc1cc(F)cc2c1OCOC2)Nc1cccc(Br)c1. The quantitative estimate of drug-likeness (QED) is 0.828. The summed E-state index contributed by atoms with van der Waals surface area (Å²) in [6.45, 7) is 0.846. The van der Waals surface area contributed by atoms with Crippen molar-refractivity contribution in [1.82, 2.24) is 5.32 Å².